The molecule has 0 fully saturated rings. The minimum absolute atomic E-state index is 0.278. The van der Waals surface area contributed by atoms with Gasteiger partial charge in [0.05, 0.1) is 19.9 Å². The molecule has 1 heterocycles. The molecule has 0 bridgehead atoms. The Hall–Kier alpha value is -3.77. The zero-order chi connectivity index (χ0) is 22.7. The lowest BCUT2D eigenvalue weighted by atomic mass is 10.0. The van der Waals surface area contributed by atoms with Crippen LogP contribution in [-0.4, -0.2) is 29.9 Å². The molecule has 7 heteroatoms. The van der Waals surface area contributed by atoms with E-state index in [1.807, 2.05) is 61.7 Å². The highest BCUT2D eigenvalue weighted by Gasteiger charge is 2.21. The van der Waals surface area contributed by atoms with E-state index in [0.717, 1.165) is 16.8 Å². The van der Waals surface area contributed by atoms with Gasteiger partial charge in [-0.3, -0.25) is 4.79 Å². The average Bonchev–Trinajstić information content (AvgIpc) is 3.28. The molecule has 0 atom stereocenters. The Morgan fingerprint density at radius 2 is 1.72 bits per heavy atom. The molecule has 4 rings (SSSR count). The highest BCUT2D eigenvalue weighted by Crippen LogP contribution is 2.34. The summed E-state index contributed by atoms with van der Waals surface area (Å²) in [5.74, 6) is 0.830. The summed E-state index contributed by atoms with van der Waals surface area (Å²) in [6.07, 6.45) is 1.83. The van der Waals surface area contributed by atoms with Gasteiger partial charge in [0, 0.05) is 22.5 Å². The summed E-state index contributed by atoms with van der Waals surface area (Å²) in [6.45, 7) is 1.86. The van der Waals surface area contributed by atoms with Crippen LogP contribution in [0.5, 0.6) is 11.5 Å². The Morgan fingerprint density at radius 3 is 2.44 bits per heavy atom. The fourth-order valence-corrected chi connectivity index (χ4v) is 3.57. The molecule has 0 unspecified atom stereocenters. The van der Waals surface area contributed by atoms with Gasteiger partial charge in [0.15, 0.2) is 17.2 Å². The van der Waals surface area contributed by atoms with Crippen molar-refractivity contribution in [2.24, 2.45) is 0 Å². The van der Waals surface area contributed by atoms with Gasteiger partial charge in [0.25, 0.3) is 5.91 Å². The van der Waals surface area contributed by atoms with E-state index in [0.29, 0.717) is 27.8 Å². The monoisotopic (exact) mass is 447 g/mol. The van der Waals surface area contributed by atoms with Crippen molar-refractivity contribution in [3.8, 4) is 28.3 Å². The number of anilines is 1. The molecule has 1 N–H and O–H groups in total. The molecule has 32 heavy (non-hydrogen) atoms. The van der Waals surface area contributed by atoms with Crippen LogP contribution < -0.4 is 14.8 Å². The quantitative estimate of drug-likeness (QED) is 0.407. The number of para-hydroxylation sites is 1. The molecule has 0 aliphatic carbocycles. The molecule has 0 radical (unpaired) electrons. The normalized spacial score (nSPS) is 10.6. The Labute approximate surface area is 191 Å². The summed E-state index contributed by atoms with van der Waals surface area (Å²) in [5, 5.41) is 8.12. The van der Waals surface area contributed by atoms with Gasteiger partial charge in [-0.1, -0.05) is 41.9 Å². The zero-order valence-electron chi connectivity index (χ0n) is 17.9. The van der Waals surface area contributed by atoms with Crippen molar-refractivity contribution in [2.75, 3.05) is 19.5 Å². The number of ether oxygens (including phenoxy) is 2. The Morgan fingerprint density at radius 1 is 0.969 bits per heavy atom. The first kappa shape index (κ1) is 21.5. The van der Waals surface area contributed by atoms with E-state index in [1.165, 1.54) is 0 Å². The molecule has 1 amide bonds. The maximum Gasteiger partial charge on any atom is 0.276 e. The maximum absolute atomic E-state index is 13.3. The van der Waals surface area contributed by atoms with E-state index >= 15 is 0 Å². The largest absolute Gasteiger partial charge is 0.493 e. The molecule has 3 aromatic carbocycles. The van der Waals surface area contributed by atoms with E-state index < -0.39 is 0 Å². The third-order valence-corrected chi connectivity index (χ3v) is 5.57. The van der Waals surface area contributed by atoms with Crippen molar-refractivity contribution < 1.29 is 14.3 Å². The number of hydrogen-bond acceptors (Lipinski definition) is 4. The number of hydrogen-bond donors (Lipinski definition) is 1. The molecular formula is C25H22ClN3O3. The van der Waals surface area contributed by atoms with Gasteiger partial charge >= 0.3 is 0 Å². The minimum atomic E-state index is -0.338. The predicted octanol–water partition coefficient (Wildman–Crippen LogP) is 5.77. The second-order valence-corrected chi connectivity index (χ2v) is 7.51. The Bertz CT molecular complexity index is 1270. The number of benzene rings is 3. The van der Waals surface area contributed by atoms with Gasteiger partial charge in [-0.25, -0.2) is 4.68 Å². The number of halogens is 1. The molecular weight excluding hydrogens is 426 g/mol. The molecule has 1 aromatic heterocycles. The predicted molar refractivity (Wildman–Crippen MR) is 126 cm³/mol. The highest BCUT2D eigenvalue weighted by atomic mass is 35.5. The number of carbonyl (C=O) groups excluding carboxylic acids is 1. The minimum Gasteiger partial charge on any atom is -0.493 e. The zero-order valence-corrected chi connectivity index (χ0v) is 18.7. The highest BCUT2D eigenvalue weighted by molar-refractivity contribution is 6.31. The van der Waals surface area contributed by atoms with Crippen molar-refractivity contribution >= 4 is 23.2 Å². The second kappa shape index (κ2) is 9.16. The van der Waals surface area contributed by atoms with Crippen molar-refractivity contribution in [3.05, 3.63) is 89.2 Å². The molecule has 0 spiro atoms. The number of rotatable bonds is 6. The molecule has 0 aliphatic heterocycles. The lowest BCUT2D eigenvalue weighted by Gasteiger charge is -2.11. The van der Waals surface area contributed by atoms with Crippen LogP contribution in [-0.2, 0) is 0 Å². The molecule has 162 valence electrons. The number of nitrogens with zero attached hydrogens (tertiary/aromatic N) is 2. The third-order valence-electron chi connectivity index (χ3n) is 5.16. The summed E-state index contributed by atoms with van der Waals surface area (Å²) < 4.78 is 12.5. The Balaban J connectivity index is 1.81. The van der Waals surface area contributed by atoms with Crippen LogP contribution in [0, 0.1) is 6.92 Å². The van der Waals surface area contributed by atoms with Crippen LogP contribution in [0.1, 0.15) is 16.1 Å². The first-order chi connectivity index (χ1) is 15.5. The van der Waals surface area contributed by atoms with Crippen LogP contribution in [0.4, 0.5) is 5.69 Å². The molecule has 0 aliphatic rings. The number of methoxy groups -OCH3 is 2. The number of carbonyl (C=O) groups is 1. The van der Waals surface area contributed by atoms with Gasteiger partial charge in [-0.2, -0.15) is 5.10 Å². The van der Waals surface area contributed by atoms with Crippen LogP contribution in [0.25, 0.3) is 16.8 Å². The topological polar surface area (TPSA) is 65.4 Å². The molecule has 0 saturated carbocycles. The number of aromatic nitrogens is 2. The van der Waals surface area contributed by atoms with E-state index in [9.17, 15) is 4.79 Å². The first-order valence-corrected chi connectivity index (χ1v) is 10.3. The van der Waals surface area contributed by atoms with Crippen LogP contribution in [0.3, 0.4) is 0 Å². The van der Waals surface area contributed by atoms with Gasteiger partial charge in [0.1, 0.15) is 0 Å². The number of amides is 1. The third kappa shape index (κ3) is 4.18. The standard InChI is InChI=1S/C25H22ClN3O3/c1-16-20(26)10-7-11-21(16)27-25(30)24-19(15-29(28-24)18-8-5-4-6-9-18)17-12-13-22(31-2)23(14-17)32-3/h4-15H,1-3H3,(H,27,30). The summed E-state index contributed by atoms with van der Waals surface area (Å²) in [4.78, 5) is 13.3. The summed E-state index contributed by atoms with van der Waals surface area (Å²) >= 11 is 6.22. The van der Waals surface area contributed by atoms with E-state index in [4.69, 9.17) is 21.1 Å². The smallest absolute Gasteiger partial charge is 0.276 e. The average molecular weight is 448 g/mol. The van der Waals surface area contributed by atoms with E-state index in [-0.39, 0.29) is 11.6 Å². The van der Waals surface area contributed by atoms with Crippen LogP contribution >= 0.6 is 11.6 Å². The fraction of sp³-hybridized carbons (Fsp3) is 0.120. The van der Waals surface area contributed by atoms with Crippen molar-refractivity contribution in [2.45, 2.75) is 6.92 Å². The van der Waals surface area contributed by atoms with Crippen molar-refractivity contribution in [3.63, 3.8) is 0 Å². The Kier molecular flexibility index (Phi) is 6.14. The van der Waals surface area contributed by atoms with E-state index in [2.05, 4.69) is 10.4 Å². The number of nitrogens with one attached hydrogen (secondary N) is 1. The lowest BCUT2D eigenvalue weighted by Crippen LogP contribution is -2.15. The van der Waals surface area contributed by atoms with Crippen molar-refractivity contribution in [1.29, 1.82) is 0 Å². The fourth-order valence-electron chi connectivity index (χ4n) is 3.39. The molecule has 0 saturated heterocycles. The second-order valence-electron chi connectivity index (χ2n) is 7.11. The van der Waals surface area contributed by atoms with Gasteiger partial charge in [-0.05, 0) is 54.4 Å². The molecule has 4 aromatic rings. The van der Waals surface area contributed by atoms with E-state index in [1.54, 1.807) is 37.1 Å². The van der Waals surface area contributed by atoms with Crippen molar-refractivity contribution in [1.82, 2.24) is 9.78 Å². The first-order valence-electron chi connectivity index (χ1n) is 9.95. The molecule has 6 nitrogen and oxygen atoms in total. The van der Waals surface area contributed by atoms with Gasteiger partial charge in [0.2, 0.25) is 0 Å². The van der Waals surface area contributed by atoms with Crippen LogP contribution in [0.15, 0.2) is 72.9 Å². The van der Waals surface area contributed by atoms with Gasteiger partial charge in [-0.15, -0.1) is 0 Å². The maximum atomic E-state index is 13.3. The summed E-state index contributed by atoms with van der Waals surface area (Å²) in [6, 6.07) is 20.5. The SMILES string of the molecule is COc1ccc(-c2cn(-c3ccccc3)nc2C(=O)Nc2cccc(Cl)c2C)cc1OC. The summed E-state index contributed by atoms with van der Waals surface area (Å²) in [7, 11) is 3.15. The lowest BCUT2D eigenvalue weighted by molar-refractivity contribution is 0.102. The van der Waals surface area contributed by atoms with Gasteiger partial charge < -0.3 is 14.8 Å². The summed E-state index contributed by atoms with van der Waals surface area (Å²) in [5.41, 5.74) is 3.98. The van der Waals surface area contributed by atoms with Crippen LogP contribution in [0.2, 0.25) is 5.02 Å².